The lowest BCUT2D eigenvalue weighted by molar-refractivity contribution is -0.168. The summed E-state index contributed by atoms with van der Waals surface area (Å²) in [6.45, 7) is 0.130. The first kappa shape index (κ1) is 14.7. The first-order valence-electron chi connectivity index (χ1n) is 6.83. The molecule has 116 valence electrons. The second-order valence-corrected chi connectivity index (χ2v) is 5.08. The molecule has 1 unspecified atom stereocenters. The van der Waals surface area contributed by atoms with E-state index < -0.39 is 11.6 Å². The number of esters is 1. The highest BCUT2D eigenvalue weighted by Gasteiger charge is 2.49. The summed E-state index contributed by atoms with van der Waals surface area (Å²) in [4.78, 5) is 21.5. The van der Waals surface area contributed by atoms with Crippen LogP contribution in [-0.2, 0) is 20.9 Å². The Morgan fingerprint density at radius 1 is 1.57 bits per heavy atom. The lowest BCUT2D eigenvalue weighted by Gasteiger charge is -2.23. The topological polar surface area (TPSA) is 102 Å². The second-order valence-electron chi connectivity index (χ2n) is 5.08. The molecule has 8 nitrogen and oxygen atoms in total. The first-order valence-corrected chi connectivity index (χ1v) is 6.83. The molecular weight excluding hydrogens is 298 g/mol. The summed E-state index contributed by atoms with van der Waals surface area (Å²) in [6.07, 6.45) is 3.08. The summed E-state index contributed by atoms with van der Waals surface area (Å²) in [6, 6.07) is 9.04. The van der Waals surface area contributed by atoms with Crippen LogP contribution >= 0.6 is 0 Å². The predicted molar refractivity (Wildman–Crippen MR) is 78.2 cm³/mol. The van der Waals surface area contributed by atoms with Crippen molar-refractivity contribution >= 4 is 11.7 Å². The summed E-state index contributed by atoms with van der Waals surface area (Å²) < 4.78 is 6.35. The summed E-state index contributed by atoms with van der Waals surface area (Å²) in [7, 11) is 1.29. The van der Waals surface area contributed by atoms with Gasteiger partial charge in [0, 0.05) is 12.0 Å². The van der Waals surface area contributed by atoms with E-state index >= 15 is 0 Å². The largest absolute Gasteiger partial charge is 0.466 e. The molecule has 1 aromatic carbocycles. The van der Waals surface area contributed by atoms with Gasteiger partial charge in [0.25, 0.3) is 5.60 Å². The molecule has 0 saturated heterocycles. The number of nitrogens with zero attached hydrogens (tertiary/aromatic N) is 5. The third kappa shape index (κ3) is 2.76. The summed E-state index contributed by atoms with van der Waals surface area (Å²) >= 11 is 0. The quantitative estimate of drug-likeness (QED) is 0.777. The van der Waals surface area contributed by atoms with Crippen LogP contribution in [0.4, 0.5) is 0 Å². The Labute approximate surface area is 131 Å². The summed E-state index contributed by atoms with van der Waals surface area (Å²) in [5, 5.41) is 17.0. The molecule has 1 atom stereocenters. The normalized spacial score (nSPS) is 19.6. The lowest BCUT2D eigenvalue weighted by Crippen LogP contribution is -2.44. The Morgan fingerprint density at radius 2 is 2.43 bits per heavy atom. The van der Waals surface area contributed by atoms with Crippen molar-refractivity contribution in [3.8, 4) is 6.07 Å². The van der Waals surface area contributed by atoms with Crippen LogP contribution in [0.25, 0.3) is 0 Å². The van der Waals surface area contributed by atoms with E-state index in [1.165, 1.54) is 24.4 Å². The number of benzene rings is 1. The minimum Gasteiger partial charge on any atom is -0.466 e. The van der Waals surface area contributed by atoms with E-state index in [-0.39, 0.29) is 13.0 Å². The second kappa shape index (κ2) is 5.88. The predicted octanol–water partition coefficient (Wildman–Crippen LogP) is 0.886. The molecule has 3 rings (SSSR count). The van der Waals surface area contributed by atoms with Gasteiger partial charge in [-0.3, -0.25) is 0 Å². The molecule has 8 heteroatoms. The maximum Gasteiger partial charge on any atom is 0.355 e. The molecule has 1 aliphatic heterocycles. The average Bonchev–Trinajstić information content (AvgIpc) is 3.25. The molecule has 1 aromatic heterocycles. The molecule has 1 aliphatic rings. The van der Waals surface area contributed by atoms with Crippen molar-refractivity contribution < 1.29 is 14.4 Å². The molecule has 0 amide bonds. The molecule has 2 aromatic rings. The molecule has 0 radical (unpaired) electrons. The molecule has 0 aliphatic carbocycles. The van der Waals surface area contributed by atoms with Crippen LogP contribution in [0.3, 0.4) is 0 Å². The fourth-order valence-electron chi connectivity index (χ4n) is 2.42. The fraction of sp³-hybridized carbons (Fsp3) is 0.267. The van der Waals surface area contributed by atoms with E-state index in [1.54, 1.807) is 18.2 Å². The zero-order valence-electron chi connectivity index (χ0n) is 12.3. The molecular formula is C15H13N5O3. The lowest BCUT2D eigenvalue weighted by atomic mass is 9.93. The summed E-state index contributed by atoms with van der Waals surface area (Å²) in [5.41, 5.74) is 0.526. The van der Waals surface area contributed by atoms with Gasteiger partial charge in [-0.1, -0.05) is 17.3 Å². The first-order chi connectivity index (χ1) is 11.2. The highest BCUT2D eigenvalue weighted by Crippen LogP contribution is 2.30. The Bertz CT molecular complexity index is 794. The number of hydrogen-bond donors (Lipinski definition) is 0. The molecule has 2 heterocycles. The van der Waals surface area contributed by atoms with E-state index in [4.69, 9.17) is 14.8 Å². The van der Waals surface area contributed by atoms with Crippen molar-refractivity contribution in [2.75, 3.05) is 7.11 Å². The Morgan fingerprint density at radius 3 is 3.13 bits per heavy atom. The Kier molecular flexibility index (Phi) is 3.76. The summed E-state index contributed by atoms with van der Waals surface area (Å²) in [5.74, 6) is -0.539. The minimum absolute atomic E-state index is 0.130. The molecule has 23 heavy (non-hydrogen) atoms. The number of hydrogen-bond acceptors (Lipinski definition) is 7. The monoisotopic (exact) mass is 311 g/mol. The van der Waals surface area contributed by atoms with Crippen LogP contribution < -0.4 is 0 Å². The number of ether oxygens (including phenoxy) is 1. The number of carbonyl (C=O) groups is 1. The molecule has 0 N–H and O–H groups in total. The maximum atomic E-state index is 12.2. The Hall–Kier alpha value is -3.21. The minimum atomic E-state index is -1.29. The van der Waals surface area contributed by atoms with E-state index in [2.05, 4.69) is 21.3 Å². The number of carbonyl (C=O) groups excluding carboxylic acids is 1. The highest BCUT2D eigenvalue weighted by atomic mass is 16.7. The van der Waals surface area contributed by atoms with Crippen LogP contribution in [-0.4, -0.2) is 39.2 Å². The van der Waals surface area contributed by atoms with Gasteiger partial charge < -0.3 is 9.57 Å². The van der Waals surface area contributed by atoms with Crippen LogP contribution in [0.5, 0.6) is 0 Å². The van der Waals surface area contributed by atoms with E-state index in [0.29, 0.717) is 11.3 Å². The third-order valence-corrected chi connectivity index (χ3v) is 3.55. The van der Waals surface area contributed by atoms with Crippen LogP contribution in [0.2, 0.25) is 0 Å². The SMILES string of the molecule is COC(=O)C1(Cn2cncn2)CC(c2cccc(C#N)c2)=NO1. The number of nitriles is 1. The van der Waals surface area contributed by atoms with Gasteiger partial charge >= 0.3 is 5.97 Å². The van der Waals surface area contributed by atoms with Crippen molar-refractivity contribution in [1.29, 1.82) is 5.26 Å². The van der Waals surface area contributed by atoms with Gasteiger partial charge in [0.05, 0.1) is 31.0 Å². The van der Waals surface area contributed by atoms with Crippen molar-refractivity contribution in [1.82, 2.24) is 14.8 Å². The van der Waals surface area contributed by atoms with Crippen LogP contribution in [0.1, 0.15) is 17.5 Å². The molecule has 0 fully saturated rings. The Balaban J connectivity index is 1.88. The van der Waals surface area contributed by atoms with Gasteiger partial charge in [-0.25, -0.2) is 14.5 Å². The van der Waals surface area contributed by atoms with Gasteiger partial charge in [-0.15, -0.1) is 0 Å². The van der Waals surface area contributed by atoms with E-state index in [1.807, 2.05) is 6.07 Å². The van der Waals surface area contributed by atoms with Crippen molar-refractivity contribution in [3.05, 3.63) is 48.0 Å². The fourth-order valence-corrected chi connectivity index (χ4v) is 2.42. The number of methoxy groups -OCH3 is 1. The van der Waals surface area contributed by atoms with E-state index in [9.17, 15) is 4.79 Å². The van der Waals surface area contributed by atoms with Crippen molar-refractivity contribution in [2.45, 2.75) is 18.6 Å². The van der Waals surface area contributed by atoms with Crippen molar-refractivity contribution in [3.63, 3.8) is 0 Å². The maximum absolute atomic E-state index is 12.2. The standard InChI is InChI=1S/C15H13N5O3/c1-22-14(21)15(8-20-10-17-9-18-20)6-13(19-23-15)12-4-2-3-11(5-12)7-16/h2-5,9-10H,6,8H2,1H3. The van der Waals surface area contributed by atoms with Crippen LogP contribution in [0, 0.1) is 11.3 Å². The smallest absolute Gasteiger partial charge is 0.355 e. The van der Waals surface area contributed by atoms with Gasteiger partial charge in [-0.05, 0) is 12.1 Å². The van der Waals surface area contributed by atoms with Crippen molar-refractivity contribution in [2.24, 2.45) is 5.16 Å². The number of rotatable bonds is 4. The van der Waals surface area contributed by atoms with Gasteiger partial charge in [0.15, 0.2) is 0 Å². The zero-order valence-corrected chi connectivity index (χ0v) is 12.3. The average molecular weight is 311 g/mol. The van der Waals surface area contributed by atoms with Gasteiger partial charge in [-0.2, -0.15) is 10.4 Å². The van der Waals surface area contributed by atoms with E-state index in [0.717, 1.165) is 5.56 Å². The molecule has 0 saturated carbocycles. The third-order valence-electron chi connectivity index (χ3n) is 3.55. The number of aromatic nitrogens is 3. The highest BCUT2D eigenvalue weighted by molar-refractivity contribution is 6.04. The molecule has 0 bridgehead atoms. The zero-order chi connectivity index (χ0) is 16.3. The molecule has 0 spiro atoms. The van der Waals surface area contributed by atoms with Gasteiger partial charge in [0.1, 0.15) is 12.7 Å². The van der Waals surface area contributed by atoms with Crippen LogP contribution in [0.15, 0.2) is 42.1 Å². The number of oxime groups is 1. The van der Waals surface area contributed by atoms with Gasteiger partial charge in [0.2, 0.25) is 0 Å².